The minimum atomic E-state index is -0.802. The van der Waals surface area contributed by atoms with Crippen molar-refractivity contribution in [2.45, 2.75) is 38.7 Å². The van der Waals surface area contributed by atoms with Gasteiger partial charge in [0.1, 0.15) is 11.0 Å². The molecule has 0 fully saturated rings. The molecule has 0 saturated heterocycles. The van der Waals surface area contributed by atoms with E-state index < -0.39 is 5.41 Å². The lowest BCUT2D eigenvalue weighted by Crippen LogP contribution is -2.44. The minimum absolute atomic E-state index is 0.0464. The number of hydrogen-bond donors (Lipinski definition) is 0. The van der Waals surface area contributed by atoms with E-state index in [9.17, 15) is 4.79 Å². The fraction of sp³-hybridized carbons (Fsp3) is 0.412. The van der Waals surface area contributed by atoms with Crippen molar-refractivity contribution in [2.24, 2.45) is 4.99 Å². The minimum Gasteiger partial charge on any atom is -0.472 e. The molecule has 0 bridgehead atoms. The van der Waals surface area contributed by atoms with E-state index in [1.807, 2.05) is 52.0 Å². The number of rotatable bonds is 1. The average molecular weight is 269 g/mol. The van der Waals surface area contributed by atoms with Crippen LogP contribution in [0.25, 0.3) is 5.57 Å². The Morgan fingerprint density at radius 3 is 2.55 bits per heavy atom. The molecule has 3 rings (SSSR count). The first-order valence-electron chi connectivity index (χ1n) is 6.91. The molecule has 1 aliphatic heterocycles. The van der Waals surface area contributed by atoms with Crippen LogP contribution in [0.5, 0.6) is 0 Å². The van der Waals surface area contributed by atoms with E-state index in [0.717, 1.165) is 16.7 Å². The molecule has 1 heterocycles. The maximum atomic E-state index is 12.7. The highest BCUT2D eigenvalue weighted by atomic mass is 16.5. The van der Waals surface area contributed by atoms with Gasteiger partial charge in [0, 0.05) is 0 Å². The summed E-state index contributed by atoms with van der Waals surface area (Å²) in [5.41, 5.74) is 1.96. The molecule has 0 aromatic heterocycles. The Balaban J connectivity index is 2.16. The van der Waals surface area contributed by atoms with E-state index >= 15 is 0 Å². The maximum absolute atomic E-state index is 12.7. The molecule has 1 unspecified atom stereocenters. The quantitative estimate of drug-likeness (QED) is 0.785. The van der Waals surface area contributed by atoms with Gasteiger partial charge in [0.25, 0.3) is 0 Å². The van der Waals surface area contributed by atoms with Crippen LogP contribution in [-0.4, -0.2) is 23.8 Å². The first kappa shape index (κ1) is 13.1. The van der Waals surface area contributed by atoms with E-state index in [1.165, 1.54) is 0 Å². The number of benzene rings is 1. The standard InChI is InChI=1S/C17H19NO2/c1-11-9-14(19)17(4,13-8-6-5-7-12(11)13)15-18-10-16(2,3)20-15/h5-9H,10H2,1-4H3. The topological polar surface area (TPSA) is 38.7 Å². The zero-order valence-electron chi connectivity index (χ0n) is 12.4. The highest BCUT2D eigenvalue weighted by molar-refractivity contribution is 6.20. The van der Waals surface area contributed by atoms with Crippen LogP contribution < -0.4 is 0 Å². The van der Waals surface area contributed by atoms with Crippen molar-refractivity contribution < 1.29 is 9.53 Å². The van der Waals surface area contributed by atoms with E-state index in [0.29, 0.717) is 12.4 Å². The number of carbonyl (C=O) groups is 1. The van der Waals surface area contributed by atoms with Gasteiger partial charge in [0.2, 0.25) is 5.90 Å². The number of ether oxygens (including phenoxy) is 1. The van der Waals surface area contributed by atoms with Crippen molar-refractivity contribution in [3.05, 3.63) is 41.5 Å². The lowest BCUT2D eigenvalue weighted by molar-refractivity contribution is -0.117. The number of nitrogens with zero attached hydrogens (tertiary/aromatic N) is 1. The molecular formula is C17H19NO2. The van der Waals surface area contributed by atoms with Crippen LogP contribution in [0.1, 0.15) is 38.8 Å². The molecule has 20 heavy (non-hydrogen) atoms. The van der Waals surface area contributed by atoms with Crippen LogP contribution in [0, 0.1) is 0 Å². The Kier molecular flexibility index (Phi) is 2.65. The molecule has 0 N–H and O–H groups in total. The Labute approximate surface area is 119 Å². The second-order valence-corrected chi connectivity index (χ2v) is 6.35. The molecular weight excluding hydrogens is 250 g/mol. The highest BCUT2D eigenvalue weighted by Crippen LogP contribution is 2.40. The van der Waals surface area contributed by atoms with Crippen LogP contribution in [0.2, 0.25) is 0 Å². The lowest BCUT2D eigenvalue weighted by atomic mass is 9.71. The average Bonchev–Trinajstić information content (AvgIpc) is 2.77. The van der Waals surface area contributed by atoms with Crippen molar-refractivity contribution in [3.8, 4) is 0 Å². The van der Waals surface area contributed by atoms with Gasteiger partial charge >= 0.3 is 0 Å². The van der Waals surface area contributed by atoms with Crippen molar-refractivity contribution in [3.63, 3.8) is 0 Å². The molecule has 3 nitrogen and oxygen atoms in total. The first-order chi connectivity index (χ1) is 9.34. The largest absolute Gasteiger partial charge is 0.472 e. The maximum Gasteiger partial charge on any atom is 0.202 e. The summed E-state index contributed by atoms with van der Waals surface area (Å²) >= 11 is 0. The fourth-order valence-corrected chi connectivity index (χ4v) is 2.88. The highest BCUT2D eigenvalue weighted by Gasteiger charge is 2.48. The van der Waals surface area contributed by atoms with Crippen LogP contribution in [0.4, 0.5) is 0 Å². The molecule has 2 aliphatic rings. The summed E-state index contributed by atoms with van der Waals surface area (Å²) in [4.78, 5) is 17.2. The molecule has 1 aromatic rings. The van der Waals surface area contributed by atoms with Gasteiger partial charge in [0.15, 0.2) is 5.78 Å². The first-order valence-corrected chi connectivity index (χ1v) is 6.91. The molecule has 1 aliphatic carbocycles. The zero-order chi connectivity index (χ0) is 14.5. The Morgan fingerprint density at radius 2 is 1.90 bits per heavy atom. The predicted octanol–water partition coefficient (Wildman–Crippen LogP) is 3.14. The van der Waals surface area contributed by atoms with Gasteiger partial charge in [-0.05, 0) is 50.5 Å². The Bertz CT molecular complexity index is 655. The smallest absolute Gasteiger partial charge is 0.202 e. The monoisotopic (exact) mass is 269 g/mol. The van der Waals surface area contributed by atoms with Crippen molar-refractivity contribution in [1.82, 2.24) is 0 Å². The molecule has 0 radical (unpaired) electrons. The molecule has 3 heteroatoms. The summed E-state index contributed by atoms with van der Waals surface area (Å²) in [5.74, 6) is 0.592. The van der Waals surface area contributed by atoms with Gasteiger partial charge in [-0.1, -0.05) is 24.3 Å². The third-order valence-corrected chi connectivity index (χ3v) is 4.14. The number of fused-ring (bicyclic) bond motifs is 1. The van der Waals surface area contributed by atoms with Crippen LogP contribution in [-0.2, 0) is 14.9 Å². The number of hydrogen-bond acceptors (Lipinski definition) is 3. The van der Waals surface area contributed by atoms with Crippen molar-refractivity contribution in [1.29, 1.82) is 0 Å². The Morgan fingerprint density at radius 1 is 1.20 bits per heavy atom. The zero-order valence-corrected chi connectivity index (χ0v) is 12.4. The number of carbonyl (C=O) groups excluding carboxylic acids is 1. The molecule has 104 valence electrons. The van der Waals surface area contributed by atoms with Crippen molar-refractivity contribution >= 4 is 17.3 Å². The second kappa shape index (κ2) is 4.05. The molecule has 0 saturated carbocycles. The lowest BCUT2D eigenvalue weighted by Gasteiger charge is -2.34. The second-order valence-electron chi connectivity index (χ2n) is 6.35. The number of allylic oxidation sites excluding steroid dienone is 2. The van der Waals surface area contributed by atoms with Gasteiger partial charge in [-0.15, -0.1) is 0 Å². The predicted molar refractivity (Wildman–Crippen MR) is 79.9 cm³/mol. The summed E-state index contributed by atoms with van der Waals surface area (Å²) in [6.07, 6.45) is 1.71. The van der Waals surface area contributed by atoms with Crippen LogP contribution in [0.15, 0.2) is 35.3 Å². The van der Waals surface area contributed by atoms with Crippen LogP contribution in [0.3, 0.4) is 0 Å². The Hall–Kier alpha value is -1.90. The summed E-state index contributed by atoms with van der Waals surface area (Å²) in [6.45, 7) is 8.46. The van der Waals surface area contributed by atoms with Gasteiger partial charge in [0.05, 0.1) is 6.54 Å². The third-order valence-electron chi connectivity index (χ3n) is 4.14. The van der Waals surface area contributed by atoms with Crippen LogP contribution >= 0.6 is 0 Å². The van der Waals surface area contributed by atoms with E-state index in [4.69, 9.17) is 4.74 Å². The van der Waals surface area contributed by atoms with Gasteiger partial charge in [-0.25, -0.2) is 0 Å². The summed E-state index contributed by atoms with van der Waals surface area (Å²) < 4.78 is 5.95. The number of ketones is 1. The third kappa shape index (κ3) is 1.73. The van der Waals surface area contributed by atoms with E-state index in [2.05, 4.69) is 4.99 Å². The SMILES string of the molecule is CC1=CC(=O)C(C)(C2=NCC(C)(C)O2)c2ccccc21. The summed E-state index contributed by atoms with van der Waals surface area (Å²) in [5, 5.41) is 0. The number of aliphatic imine (C=N–C) groups is 1. The molecule has 1 aromatic carbocycles. The normalized spacial score (nSPS) is 27.5. The molecule has 0 amide bonds. The molecule has 0 spiro atoms. The van der Waals surface area contributed by atoms with Gasteiger partial charge in [-0.2, -0.15) is 0 Å². The van der Waals surface area contributed by atoms with Gasteiger partial charge < -0.3 is 4.74 Å². The van der Waals surface area contributed by atoms with E-state index in [-0.39, 0.29) is 11.4 Å². The molecule has 1 atom stereocenters. The summed E-state index contributed by atoms with van der Waals surface area (Å²) in [6, 6.07) is 8.00. The van der Waals surface area contributed by atoms with Gasteiger partial charge in [-0.3, -0.25) is 9.79 Å². The van der Waals surface area contributed by atoms with Crippen molar-refractivity contribution in [2.75, 3.05) is 6.54 Å². The summed E-state index contributed by atoms with van der Waals surface area (Å²) in [7, 11) is 0. The fourth-order valence-electron chi connectivity index (χ4n) is 2.88. The van der Waals surface area contributed by atoms with E-state index in [1.54, 1.807) is 6.08 Å².